The molecule has 30 heavy (non-hydrogen) atoms. The van der Waals surface area contributed by atoms with E-state index in [4.69, 9.17) is 4.74 Å². The van der Waals surface area contributed by atoms with E-state index in [1.165, 1.54) is 5.56 Å². The van der Waals surface area contributed by atoms with E-state index in [9.17, 15) is 10.4 Å². The fraction of sp³-hybridized carbons (Fsp3) is 0.360. The minimum Gasteiger partial charge on any atom is -0.390 e. The molecular formula is C25H27N3O2. The van der Waals surface area contributed by atoms with Gasteiger partial charge in [-0.15, -0.1) is 0 Å². The van der Waals surface area contributed by atoms with E-state index in [1.807, 2.05) is 42.5 Å². The molecule has 0 amide bonds. The Hall–Kier alpha value is -2.94. The standard InChI is InChI=1S/C25H27N3O2/c1-2-20-16-28(22-12-11-19(15-26)25-21(22)9-6-14-27-25)17-24(30-20)23(29)13-10-18-7-4-3-5-8-18/h3-9,11-12,14,20,23-24,29H,2,10,13,16-17H2,1H3/t20-,23+,24-/m1/s1. The molecule has 5 nitrogen and oxygen atoms in total. The number of aliphatic hydroxyl groups excluding tert-OH is 1. The summed E-state index contributed by atoms with van der Waals surface area (Å²) in [6.07, 6.45) is 3.34. The Morgan fingerprint density at radius 3 is 2.77 bits per heavy atom. The van der Waals surface area contributed by atoms with Crippen LogP contribution in [0.1, 0.15) is 30.9 Å². The van der Waals surface area contributed by atoms with Crippen LogP contribution in [0.25, 0.3) is 10.9 Å². The Morgan fingerprint density at radius 2 is 2.00 bits per heavy atom. The second-order valence-electron chi connectivity index (χ2n) is 7.85. The molecule has 1 fully saturated rings. The van der Waals surface area contributed by atoms with Gasteiger partial charge in [-0.25, -0.2) is 0 Å². The summed E-state index contributed by atoms with van der Waals surface area (Å²) < 4.78 is 6.23. The molecule has 2 aromatic carbocycles. The van der Waals surface area contributed by atoms with Crippen molar-refractivity contribution in [3.63, 3.8) is 0 Å². The van der Waals surface area contributed by atoms with E-state index in [-0.39, 0.29) is 12.2 Å². The average molecular weight is 402 g/mol. The van der Waals surface area contributed by atoms with Gasteiger partial charge in [0.1, 0.15) is 12.2 Å². The van der Waals surface area contributed by atoms with E-state index in [2.05, 4.69) is 35.0 Å². The van der Waals surface area contributed by atoms with Crippen LogP contribution in [0.15, 0.2) is 60.8 Å². The van der Waals surface area contributed by atoms with Crippen LogP contribution >= 0.6 is 0 Å². The van der Waals surface area contributed by atoms with E-state index in [0.717, 1.165) is 36.0 Å². The molecule has 4 rings (SSSR count). The maximum absolute atomic E-state index is 10.9. The van der Waals surface area contributed by atoms with Crippen LogP contribution < -0.4 is 4.90 Å². The van der Waals surface area contributed by atoms with Gasteiger partial charge < -0.3 is 14.7 Å². The highest BCUT2D eigenvalue weighted by molar-refractivity contribution is 5.95. The number of hydrogen-bond acceptors (Lipinski definition) is 5. The normalized spacial score (nSPS) is 20.1. The summed E-state index contributed by atoms with van der Waals surface area (Å²) in [5.74, 6) is 0. The van der Waals surface area contributed by atoms with Crippen LogP contribution in [0.4, 0.5) is 5.69 Å². The first-order chi connectivity index (χ1) is 14.7. The molecule has 0 unspecified atom stereocenters. The lowest BCUT2D eigenvalue weighted by Crippen LogP contribution is -2.52. The molecule has 1 saturated heterocycles. The molecule has 0 bridgehead atoms. The van der Waals surface area contributed by atoms with E-state index < -0.39 is 6.10 Å². The van der Waals surface area contributed by atoms with Crippen molar-refractivity contribution < 1.29 is 9.84 Å². The van der Waals surface area contributed by atoms with Gasteiger partial charge in [-0.3, -0.25) is 4.98 Å². The van der Waals surface area contributed by atoms with Crippen molar-refractivity contribution in [1.82, 2.24) is 4.98 Å². The molecule has 3 aromatic rings. The van der Waals surface area contributed by atoms with Crippen molar-refractivity contribution in [2.75, 3.05) is 18.0 Å². The first-order valence-electron chi connectivity index (χ1n) is 10.6. The maximum atomic E-state index is 10.9. The minimum atomic E-state index is -0.537. The monoisotopic (exact) mass is 401 g/mol. The van der Waals surface area contributed by atoms with Crippen LogP contribution in [0, 0.1) is 11.3 Å². The second-order valence-corrected chi connectivity index (χ2v) is 7.85. The predicted molar refractivity (Wildman–Crippen MR) is 118 cm³/mol. The van der Waals surface area contributed by atoms with Gasteiger partial charge in [0.15, 0.2) is 0 Å². The molecule has 5 heteroatoms. The lowest BCUT2D eigenvalue weighted by molar-refractivity contribution is -0.0887. The predicted octanol–water partition coefficient (Wildman–Crippen LogP) is 4.08. The smallest absolute Gasteiger partial charge is 0.101 e. The Labute approximate surface area is 177 Å². The van der Waals surface area contributed by atoms with Crippen molar-refractivity contribution in [2.45, 2.75) is 44.5 Å². The summed E-state index contributed by atoms with van der Waals surface area (Å²) in [7, 11) is 0. The van der Waals surface area contributed by atoms with Gasteiger partial charge in [0.05, 0.1) is 23.3 Å². The average Bonchev–Trinajstić information content (AvgIpc) is 2.82. The van der Waals surface area contributed by atoms with E-state index in [1.54, 1.807) is 6.20 Å². The maximum Gasteiger partial charge on any atom is 0.101 e. The van der Waals surface area contributed by atoms with E-state index >= 15 is 0 Å². The third kappa shape index (κ3) is 4.30. The number of fused-ring (bicyclic) bond motifs is 1. The van der Waals surface area contributed by atoms with Crippen LogP contribution in [-0.2, 0) is 11.2 Å². The zero-order valence-corrected chi connectivity index (χ0v) is 17.2. The van der Waals surface area contributed by atoms with Gasteiger partial charge in [0.2, 0.25) is 0 Å². The number of nitriles is 1. The van der Waals surface area contributed by atoms with Gasteiger partial charge in [-0.1, -0.05) is 37.3 Å². The third-order valence-electron chi connectivity index (χ3n) is 5.86. The van der Waals surface area contributed by atoms with Crippen molar-refractivity contribution in [1.29, 1.82) is 5.26 Å². The number of benzene rings is 2. The van der Waals surface area contributed by atoms with Gasteiger partial charge in [0.25, 0.3) is 0 Å². The minimum absolute atomic E-state index is 0.0532. The molecular weight excluding hydrogens is 374 g/mol. The highest BCUT2D eigenvalue weighted by Gasteiger charge is 2.32. The SMILES string of the molecule is CC[C@@H]1CN(c2ccc(C#N)c3ncccc23)C[C@H]([C@@H](O)CCc2ccccc2)O1. The van der Waals surface area contributed by atoms with Crippen LogP contribution in [0.3, 0.4) is 0 Å². The van der Waals surface area contributed by atoms with Gasteiger partial charge in [-0.2, -0.15) is 5.26 Å². The summed E-state index contributed by atoms with van der Waals surface area (Å²) in [6.45, 7) is 3.48. The highest BCUT2D eigenvalue weighted by atomic mass is 16.5. The number of hydrogen-bond donors (Lipinski definition) is 1. The number of rotatable bonds is 6. The second kappa shape index (κ2) is 9.25. The summed E-state index contributed by atoms with van der Waals surface area (Å²) in [4.78, 5) is 6.71. The molecule has 2 heterocycles. The lowest BCUT2D eigenvalue weighted by Gasteiger charge is -2.41. The van der Waals surface area contributed by atoms with Gasteiger partial charge >= 0.3 is 0 Å². The molecule has 0 aliphatic carbocycles. The summed E-state index contributed by atoms with van der Waals surface area (Å²) in [5, 5.41) is 21.3. The Morgan fingerprint density at radius 1 is 1.17 bits per heavy atom. The quantitative estimate of drug-likeness (QED) is 0.674. The van der Waals surface area contributed by atoms with Crippen molar-refractivity contribution in [2.24, 2.45) is 0 Å². The fourth-order valence-corrected chi connectivity index (χ4v) is 4.17. The number of nitrogens with zero attached hydrogens (tertiary/aromatic N) is 3. The first-order valence-corrected chi connectivity index (χ1v) is 10.6. The molecule has 0 radical (unpaired) electrons. The topological polar surface area (TPSA) is 69.4 Å². The molecule has 1 N–H and O–H groups in total. The number of aryl methyl sites for hydroxylation is 1. The number of anilines is 1. The molecule has 0 saturated carbocycles. The number of aromatic nitrogens is 1. The Kier molecular flexibility index (Phi) is 6.27. The largest absolute Gasteiger partial charge is 0.390 e. The Balaban J connectivity index is 1.56. The summed E-state index contributed by atoms with van der Waals surface area (Å²) >= 11 is 0. The van der Waals surface area contributed by atoms with Crippen molar-refractivity contribution in [3.05, 3.63) is 71.9 Å². The van der Waals surface area contributed by atoms with Crippen LogP contribution in [0.2, 0.25) is 0 Å². The van der Waals surface area contributed by atoms with Crippen LogP contribution in [0.5, 0.6) is 0 Å². The Bertz CT molecular complexity index is 1030. The number of aliphatic hydroxyl groups is 1. The molecule has 154 valence electrons. The third-order valence-corrected chi connectivity index (χ3v) is 5.86. The molecule has 0 spiro atoms. The van der Waals surface area contributed by atoms with Crippen molar-refractivity contribution in [3.8, 4) is 6.07 Å². The lowest BCUT2D eigenvalue weighted by atomic mass is 10.00. The van der Waals surface area contributed by atoms with Crippen molar-refractivity contribution >= 4 is 16.6 Å². The molecule has 1 aromatic heterocycles. The molecule has 3 atom stereocenters. The van der Waals surface area contributed by atoms with Crippen LogP contribution in [-0.4, -0.2) is 41.5 Å². The summed E-state index contributed by atoms with van der Waals surface area (Å²) in [6, 6.07) is 20.2. The highest BCUT2D eigenvalue weighted by Crippen LogP contribution is 2.31. The number of ether oxygens (including phenoxy) is 1. The van der Waals surface area contributed by atoms with E-state index in [0.29, 0.717) is 18.5 Å². The van der Waals surface area contributed by atoms with Gasteiger partial charge in [-0.05, 0) is 49.1 Å². The zero-order chi connectivity index (χ0) is 20.9. The van der Waals surface area contributed by atoms with Gasteiger partial charge in [0, 0.05) is 30.4 Å². The number of morpholine rings is 1. The number of pyridine rings is 1. The molecule has 1 aliphatic heterocycles. The zero-order valence-electron chi connectivity index (χ0n) is 17.2. The summed E-state index contributed by atoms with van der Waals surface area (Å²) in [5.41, 5.74) is 3.56. The molecule has 1 aliphatic rings. The first kappa shape index (κ1) is 20.3. The fourth-order valence-electron chi connectivity index (χ4n) is 4.17.